The molecule has 0 aromatic carbocycles. The molecule has 3 nitrogen and oxygen atoms in total. The number of nitrogens with zero attached hydrogens (tertiary/aromatic N) is 2. The van der Waals surface area contributed by atoms with Crippen LogP contribution in [0.4, 0.5) is 5.69 Å². The maximum Gasteiger partial charge on any atom is 0.124 e. The highest BCUT2D eigenvalue weighted by Gasteiger charge is 2.72. The summed E-state index contributed by atoms with van der Waals surface area (Å²) in [7, 11) is -3.23. The molecule has 0 saturated carbocycles. The zero-order chi connectivity index (χ0) is 32.7. The topological polar surface area (TPSA) is 16.4 Å². The van der Waals surface area contributed by atoms with Crippen molar-refractivity contribution in [3.05, 3.63) is 24.5 Å². The molecule has 0 spiro atoms. The van der Waals surface area contributed by atoms with E-state index in [1.165, 1.54) is 18.5 Å². The van der Waals surface area contributed by atoms with Gasteiger partial charge in [-0.1, -0.05) is 136 Å². The Labute approximate surface area is 263 Å². The molecule has 9 heteroatoms. The average Bonchev–Trinajstić information content (AvgIpc) is 3.27. The fourth-order valence-electron chi connectivity index (χ4n) is 10.9. The summed E-state index contributed by atoms with van der Waals surface area (Å²) in [4.78, 5) is 2.26. The molecule has 0 radical (unpaired) electrons. The van der Waals surface area contributed by atoms with Crippen molar-refractivity contribution < 1.29 is 8.97 Å². The Hall–Kier alpha value is 0.211. The smallest absolute Gasteiger partial charge is 0.124 e. The SMILES string of the molecule is C1CCOC1.CN(C)c1cc[n+]([Si-]([Si](C(C)(C)C)(C(C)(C)C)C(C)(C)C)[Si]([Si](C)(C)C)([Si](C)(C)C)[Si](C)(C)C)cc1. The normalized spacial score (nSPS) is 16.3. The molecule has 240 valence electrons. The molecule has 0 unspecified atom stereocenters. The van der Waals surface area contributed by atoms with Crippen LogP contribution in [0.5, 0.6) is 0 Å². The number of pyridine rings is 1. The molecule has 0 bridgehead atoms. The minimum absolute atomic E-state index is 0.308. The van der Waals surface area contributed by atoms with E-state index < -0.39 is 44.5 Å². The lowest BCUT2D eigenvalue weighted by Crippen LogP contribution is -3.01. The molecule has 2 rings (SSSR count). The monoisotopic (exact) mass is 668 g/mol. The first-order valence-electron chi connectivity index (χ1n) is 16.2. The van der Waals surface area contributed by atoms with Gasteiger partial charge in [0.25, 0.3) is 0 Å². The summed E-state index contributed by atoms with van der Waals surface area (Å²) in [6, 6.07) is 4.85. The highest BCUT2D eigenvalue weighted by molar-refractivity contribution is 8.08. The highest BCUT2D eigenvalue weighted by atomic mass is 30.2. The third-order valence-corrected chi connectivity index (χ3v) is 139. The lowest BCUT2D eigenvalue weighted by molar-refractivity contribution is -0.530. The van der Waals surface area contributed by atoms with E-state index in [0.29, 0.717) is 15.1 Å². The summed E-state index contributed by atoms with van der Waals surface area (Å²) < 4.78 is 7.91. The predicted molar refractivity (Wildman–Crippen MR) is 203 cm³/mol. The van der Waals surface area contributed by atoms with Crippen molar-refractivity contribution in [1.82, 2.24) is 0 Å². The quantitative estimate of drug-likeness (QED) is 0.269. The van der Waals surface area contributed by atoms with Gasteiger partial charge in [0, 0.05) is 83.5 Å². The van der Waals surface area contributed by atoms with Crippen LogP contribution >= 0.6 is 0 Å². The number of hydrogen-bond acceptors (Lipinski definition) is 2. The Bertz CT molecular complexity index is 835. The molecule has 1 saturated heterocycles. The molecule has 0 amide bonds. The van der Waals surface area contributed by atoms with Gasteiger partial charge >= 0.3 is 0 Å². The van der Waals surface area contributed by atoms with Gasteiger partial charge in [-0.25, -0.2) is 0 Å². The number of anilines is 1. The maximum absolute atomic E-state index is 4.94. The van der Waals surface area contributed by atoms with Crippen molar-refractivity contribution in [3.63, 3.8) is 0 Å². The van der Waals surface area contributed by atoms with Crippen LogP contribution in [0.2, 0.25) is 74.0 Å². The molecule has 1 aliphatic rings. The first-order chi connectivity index (χ1) is 18.0. The second-order valence-corrected chi connectivity index (χ2v) is 79.3. The largest absolute Gasteiger partial charge is 0.407 e. The van der Waals surface area contributed by atoms with E-state index in [1.807, 2.05) is 0 Å². The summed E-state index contributed by atoms with van der Waals surface area (Å²) in [6.45, 7) is 51.3. The van der Waals surface area contributed by atoms with Crippen molar-refractivity contribution in [2.45, 2.75) is 149 Å². The third kappa shape index (κ3) is 7.38. The van der Waals surface area contributed by atoms with E-state index in [1.54, 1.807) is 0 Å². The van der Waals surface area contributed by atoms with Gasteiger partial charge in [0.15, 0.2) is 0 Å². The lowest BCUT2D eigenvalue weighted by atomic mass is 10.2. The maximum atomic E-state index is 4.94. The van der Waals surface area contributed by atoms with Gasteiger partial charge in [-0.15, -0.1) is 0 Å². The van der Waals surface area contributed by atoms with Gasteiger partial charge in [0.1, 0.15) is 12.4 Å². The van der Waals surface area contributed by atoms with Crippen LogP contribution in [-0.2, 0) is 4.74 Å². The zero-order valence-electron chi connectivity index (χ0n) is 31.4. The van der Waals surface area contributed by atoms with E-state index in [0.717, 1.165) is 13.2 Å². The van der Waals surface area contributed by atoms with Gasteiger partial charge < -0.3 is 13.9 Å². The molecule has 0 atom stereocenters. The van der Waals surface area contributed by atoms with Crippen LogP contribution < -0.4 is 9.13 Å². The Balaban J connectivity index is 0.00000150. The molecule has 1 aromatic heterocycles. The van der Waals surface area contributed by atoms with Crippen molar-refractivity contribution in [2.24, 2.45) is 0 Å². The van der Waals surface area contributed by atoms with Gasteiger partial charge in [0.2, 0.25) is 0 Å². The molecule has 1 fully saturated rings. The van der Waals surface area contributed by atoms with Crippen LogP contribution in [-0.4, -0.2) is 71.8 Å². The number of aromatic nitrogens is 1. The standard InChI is InChI=1S/C28H64N2Si6.C4H8O/c1-26(2,3)35(27(4,5)6,28(7,8)9)31(30-23-21-25(22-24-30)29(10)11)36(32(12,13)14,33(15,16)17)34(18,19)20;1-2-4-5-3-1/h21-24H,1-20H3;1-4H2. The first kappa shape index (κ1) is 39.2. The summed E-state index contributed by atoms with van der Waals surface area (Å²) in [5, 5.41) is 0.923. The zero-order valence-corrected chi connectivity index (χ0v) is 37.4. The van der Waals surface area contributed by atoms with Crippen LogP contribution in [0, 0.1) is 0 Å². The van der Waals surface area contributed by atoms with E-state index in [9.17, 15) is 0 Å². The number of ether oxygens (including phenoxy) is 1. The summed E-state index contributed by atoms with van der Waals surface area (Å²) in [5.41, 5.74) is 1.32. The minimum atomic E-state index is -2.06. The molecule has 0 aliphatic carbocycles. The fourth-order valence-corrected chi connectivity index (χ4v) is 213. The van der Waals surface area contributed by atoms with Gasteiger partial charge in [-0.2, -0.15) is 0 Å². The summed E-state index contributed by atoms with van der Waals surface area (Å²) in [6.07, 6.45) is 5.94. The van der Waals surface area contributed by atoms with Crippen molar-refractivity contribution in [2.75, 3.05) is 32.2 Å². The third-order valence-electron chi connectivity index (χ3n) is 9.87. The van der Waals surface area contributed by atoms with Gasteiger partial charge in [-0.3, -0.25) is 0 Å². The van der Waals surface area contributed by atoms with E-state index >= 15 is 0 Å². The first-order valence-corrected chi connectivity index (χ1v) is 37.1. The molecular formula is C32H72N2OSi6. The molecule has 41 heavy (non-hydrogen) atoms. The van der Waals surface area contributed by atoms with E-state index in [-0.39, 0.29) is 0 Å². The molecule has 0 N–H and O–H groups in total. The molecule has 2 heterocycles. The Morgan fingerprint density at radius 3 is 1.15 bits per heavy atom. The van der Waals surface area contributed by atoms with E-state index in [4.69, 9.17) is 4.74 Å². The van der Waals surface area contributed by atoms with Crippen molar-refractivity contribution >= 4 is 50.2 Å². The Kier molecular flexibility index (Phi) is 12.4. The molecular weight excluding hydrogens is 597 g/mol. The second-order valence-electron chi connectivity index (χ2n) is 19.0. The Morgan fingerprint density at radius 2 is 0.951 bits per heavy atom. The Morgan fingerprint density at radius 1 is 0.634 bits per heavy atom. The van der Waals surface area contributed by atoms with Gasteiger partial charge in [0.05, 0.1) is 0 Å². The second kappa shape index (κ2) is 12.9. The average molecular weight is 669 g/mol. The predicted octanol–water partition coefficient (Wildman–Crippen LogP) is 9.38. The summed E-state index contributed by atoms with van der Waals surface area (Å²) >= 11 is 0. The van der Waals surface area contributed by atoms with E-state index in [2.05, 4.69) is 169 Å². The van der Waals surface area contributed by atoms with Crippen LogP contribution in [0.15, 0.2) is 24.5 Å². The lowest BCUT2D eigenvalue weighted by Gasteiger charge is -2.76. The van der Waals surface area contributed by atoms with Crippen LogP contribution in [0.1, 0.15) is 75.2 Å². The van der Waals surface area contributed by atoms with Crippen molar-refractivity contribution in [3.8, 4) is 0 Å². The fraction of sp³-hybridized carbons (Fsp3) is 0.844. The van der Waals surface area contributed by atoms with Crippen LogP contribution in [0.25, 0.3) is 0 Å². The molecule has 1 aromatic rings. The van der Waals surface area contributed by atoms with Gasteiger partial charge in [-0.05, 0) is 19.0 Å². The summed E-state index contributed by atoms with van der Waals surface area (Å²) in [5.74, 6) is 0. The minimum Gasteiger partial charge on any atom is -0.407 e. The number of rotatable bonds is 7. The van der Waals surface area contributed by atoms with Crippen molar-refractivity contribution in [1.29, 1.82) is 0 Å². The van der Waals surface area contributed by atoms with Crippen LogP contribution in [0.3, 0.4) is 0 Å². The number of hydrogen-bond donors (Lipinski definition) is 0. The highest BCUT2D eigenvalue weighted by Crippen LogP contribution is 2.64. The molecule has 1 aliphatic heterocycles.